The zero-order valence-corrected chi connectivity index (χ0v) is 41.6. The second-order valence-electron chi connectivity index (χ2n) is 20.5. The van der Waals surface area contributed by atoms with Crippen molar-refractivity contribution in [3.05, 3.63) is 48.5 Å². The minimum Gasteiger partial charge on any atom is -0.493 e. The van der Waals surface area contributed by atoms with Gasteiger partial charge in [0.2, 0.25) is 11.8 Å². The minimum atomic E-state index is -1.04. The molecule has 4 aliphatic heterocycles. The van der Waals surface area contributed by atoms with Crippen LogP contribution in [0.25, 0.3) is 0 Å². The van der Waals surface area contributed by atoms with Crippen LogP contribution in [0.5, 0.6) is 11.5 Å². The highest BCUT2D eigenvalue weighted by Gasteiger charge is 2.47. The molecule has 18 nitrogen and oxygen atoms in total. The Morgan fingerprint density at radius 1 is 0.614 bits per heavy atom. The number of nitrogens with zero attached hydrogens (tertiary/aromatic N) is 4. The number of nitrogens with one attached hydrogen (secondary N) is 2. The van der Waals surface area contributed by atoms with Crippen LogP contribution >= 0.6 is 0 Å². The Kier molecular flexibility index (Phi) is 17.9. The number of anilines is 2. The number of carboxylic acid groups (broad SMARTS) is 1. The van der Waals surface area contributed by atoms with Gasteiger partial charge in [-0.25, -0.2) is 19.2 Å². The van der Waals surface area contributed by atoms with Gasteiger partial charge in [-0.05, 0) is 82.6 Å². The third-order valence-corrected chi connectivity index (χ3v) is 14.2. The summed E-state index contributed by atoms with van der Waals surface area (Å²) in [5.41, 5.74) is 0.638. The Hall–Kier alpha value is -5.62. The number of hydrogen-bond donors (Lipinski definition) is 3. The fraction of sp³-hybridized carbons (Fsp3) is 0.654. The predicted octanol–water partition coefficient (Wildman–Crippen LogP) is 6.53. The highest BCUT2D eigenvalue weighted by Crippen LogP contribution is 2.33. The summed E-state index contributed by atoms with van der Waals surface area (Å²) >= 11 is 0. The number of benzene rings is 2. The SMILES string of the molecule is CN1C(=O)N[C@@H](C2CCCCC2)C(=O)N2C[C@@H](C[C@H]2C(=O)O)OCCCOc2cccc1c2.CN1C(=O)N[C@@H](C2CCCCC2)C(=O)N2C[C@@H](C[C@H]2C(=O)OC(C)(C)C)OCCCOc2cccc1c2. The number of carbonyl (C=O) groups excluding carboxylic acids is 5. The molecule has 6 aliphatic rings. The largest absolute Gasteiger partial charge is 0.493 e. The highest BCUT2D eigenvalue weighted by atomic mass is 16.6. The van der Waals surface area contributed by atoms with Gasteiger partial charge in [0.25, 0.3) is 0 Å². The molecule has 3 N–H and O–H groups in total. The molecule has 2 saturated carbocycles. The lowest BCUT2D eigenvalue weighted by atomic mass is 9.83. The fourth-order valence-corrected chi connectivity index (χ4v) is 10.5. The summed E-state index contributed by atoms with van der Waals surface area (Å²) in [7, 11) is 3.34. The summed E-state index contributed by atoms with van der Waals surface area (Å²) in [6, 6.07) is 10.6. The van der Waals surface area contributed by atoms with Crippen molar-refractivity contribution < 1.29 is 57.6 Å². The molecule has 0 unspecified atom stereocenters. The normalized spacial score (nSPS) is 27.0. The van der Waals surface area contributed by atoms with Crippen molar-refractivity contribution in [2.24, 2.45) is 11.8 Å². The lowest BCUT2D eigenvalue weighted by Gasteiger charge is -2.35. The number of amides is 6. The first-order chi connectivity index (χ1) is 33.6. The molecular formula is C52H74N6O12. The van der Waals surface area contributed by atoms with E-state index in [0.717, 1.165) is 64.2 Å². The van der Waals surface area contributed by atoms with E-state index in [0.29, 0.717) is 68.6 Å². The number of ether oxygens (including phenoxy) is 5. The average molecular weight is 975 g/mol. The number of hydrogen-bond acceptors (Lipinski definition) is 11. The number of aliphatic carboxylic acids is 1. The zero-order chi connectivity index (χ0) is 50.0. The summed E-state index contributed by atoms with van der Waals surface area (Å²) in [5.74, 6) is -0.741. The van der Waals surface area contributed by atoms with Gasteiger partial charge in [-0.1, -0.05) is 50.7 Å². The van der Waals surface area contributed by atoms with Crippen LogP contribution in [0.1, 0.15) is 111 Å². The number of carbonyl (C=O) groups is 6. The molecule has 8 rings (SSSR count). The van der Waals surface area contributed by atoms with Crippen molar-refractivity contribution in [3.63, 3.8) is 0 Å². The van der Waals surface area contributed by atoms with Crippen LogP contribution in [-0.2, 0) is 33.4 Å². The van der Waals surface area contributed by atoms with Crippen molar-refractivity contribution in [1.29, 1.82) is 0 Å². The third-order valence-electron chi connectivity index (χ3n) is 14.2. The number of carboxylic acids is 1. The summed E-state index contributed by atoms with van der Waals surface area (Å²) in [6.07, 6.45) is 10.9. The van der Waals surface area contributed by atoms with Gasteiger partial charge in [0.1, 0.15) is 41.3 Å². The van der Waals surface area contributed by atoms with Crippen LogP contribution in [0, 0.1) is 11.8 Å². The van der Waals surface area contributed by atoms with Crippen LogP contribution < -0.4 is 29.9 Å². The summed E-state index contributed by atoms with van der Waals surface area (Å²) in [6.45, 7) is 7.71. The van der Waals surface area contributed by atoms with Crippen molar-refractivity contribution in [2.45, 2.75) is 153 Å². The molecule has 0 spiro atoms. The Balaban J connectivity index is 0.000000208. The maximum absolute atomic E-state index is 14.1. The summed E-state index contributed by atoms with van der Waals surface area (Å²) in [5, 5.41) is 15.8. The molecule has 2 aromatic carbocycles. The molecule has 0 aromatic heterocycles. The molecule has 70 heavy (non-hydrogen) atoms. The molecule has 6 amide bonds. The molecule has 8 bridgehead atoms. The molecule has 6 atom stereocenters. The second kappa shape index (κ2) is 24.0. The zero-order valence-electron chi connectivity index (χ0n) is 41.6. The smallest absolute Gasteiger partial charge is 0.329 e. The van der Waals surface area contributed by atoms with E-state index in [2.05, 4.69) is 10.6 Å². The van der Waals surface area contributed by atoms with Gasteiger partial charge < -0.3 is 49.2 Å². The van der Waals surface area contributed by atoms with Crippen LogP contribution in [0.4, 0.5) is 21.0 Å². The van der Waals surface area contributed by atoms with Gasteiger partial charge in [0, 0.05) is 76.4 Å². The van der Waals surface area contributed by atoms with Gasteiger partial charge in [0.15, 0.2) is 0 Å². The van der Waals surface area contributed by atoms with E-state index in [-0.39, 0.29) is 61.4 Å². The molecule has 2 aliphatic carbocycles. The first kappa shape index (κ1) is 52.2. The number of fused-ring (bicyclic) bond motifs is 8. The number of urea groups is 2. The van der Waals surface area contributed by atoms with Crippen LogP contribution in [0.15, 0.2) is 48.5 Å². The first-order valence-corrected chi connectivity index (χ1v) is 25.4. The van der Waals surface area contributed by atoms with E-state index in [4.69, 9.17) is 23.7 Å². The van der Waals surface area contributed by atoms with Crippen molar-refractivity contribution >= 4 is 47.2 Å². The van der Waals surface area contributed by atoms with Gasteiger partial charge in [-0.15, -0.1) is 0 Å². The van der Waals surface area contributed by atoms with Crippen LogP contribution in [0.2, 0.25) is 0 Å². The average Bonchev–Trinajstić information content (AvgIpc) is 3.99. The molecule has 4 fully saturated rings. The molecule has 2 saturated heterocycles. The number of esters is 1. The van der Waals surface area contributed by atoms with Crippen molar-refractivity contribution in [3.8, 4) is 11.5 Å². The molecule has 4 heterocycles. The third kappa shape index (κ3) is 13.6. The Bertz CT molecular complexity index is 2140. The highest BCUT2D eigenvalue weighted by molar-refractivity contribution is 5.97. The summed E-state index contributed by atoms with van der Waals surface area (Å²) in [4.78, 5) is 85.5. The maximum Gasteiger partial charge on any atom is 0.329 e. The van der Waals surface area contributed by atoms with Crippen LogP contribution in [0.3, 0.4) is 0 Å². The molecule has 384 valence electrons. The van der Waals surface area contributed by atoms with E-state index >= 15 is 0 Å². The predicted molar refractivity (Wildman–Crippen MR) is 261 cm³/mol. The fourth-order valence-electron chi connectivity index (χ4n) is 10.5. The number of rotatable bonds is 4. The van der Waals surface area contributed by atoms with E-state index in [1.165, 1.54) is 14.7 Å². The Morgan fingerprint density at radius 3 is 1.47 bits per heavy atom. The second-order valence-corrected chi connectivity index (χ2v) is 20.5. The van der Waals surface area contributed by atoms with E-state index in [9.17, 15) is 33.9 Å². The Labute approximate surface area is 412 Å². The van der Waals surface area contributed by atoms with E-state index < -0.39 is 47.7 Å². The maximum atomic E-state index is 14.1. The molecule has 2 aromatic rings. The lowest BCUT2D eigenvalue weighted by Crippen LogP contribution is -2.57. The van der Waals surface area contributed by atoms with Crippen molar-refractivity contribution in [2.75, 3.05) is 63.4 Å². The molecule has 18 heteroatoms. The molecule has 0 radical (unpaired) electrons. The van der Waals surface area contributed by atoms with Crippen LogP contribution in [-0.4, -0.2) is 146 Å². The van der Waals surface area contributed by atoms with E-state index in [1.54, 1.807) is 25.1 Å². The molecular weight excluding hydrogens is 901 g/mol. The minimum absolute atomic E-state index is 0.00593. The lowest BCUT2D eigenvalue weighted by molar-refractivity contribution is -0.163. The van der Waals surface area contributed by atoms with Gasteiger partial charge in [-0.2, -0.15) is 0 Å². The quantitative estimate of drug-likeness (QED) is 0.280. The van der Waals surface area contributed by atoms with Crippen molar-refractivity contribution in [1.82, 2.24) is 20.4 Å². The van der Waals surface area contributed by atoms with Gasteiger partial charge >= 0.3 is 24.0 Å². The Morgan fingerprint density at radius 2 is 1.04 bits per heavy atom. The van der Waals surface area contributed by atoms with Gasteiger partial charge in [0.05, 0.1) is 38.6 Å². The topological polar surface area (TPSA) is 206 Å². The monoisotopic (exact) mass is 975 g/mol. The van der Waals surface area contributed by atoms with E-state index in [1.807, 2.05) is 63.2 Å². The first-order valence-electron chi connectivity index (χ1n) is 25.4. The standard InChI is InChI=1S/C28H41N3O6.C24H33N3O6/c1-28(2,3)37-26(33)23-17-22-18-31(23)25(32)24(19-10-6-5-7-11-19)29-27(34)30(4)20-12-8-13-21(16-20)35-14-9-15-36-22;1-26-17-9-5-10-18(13-17)32-11-6-12-33-19-14-20(23(29)30)27(15-19)22(28)21(25-24(26)31)16-7-3-2-4-8-16/h8,12-13,16,19,22-24H,5-7,9-11,14-15,17-18H2,1-4H3,(H,29,34);5,9-10,13,16,19-21H,2-4,6-8,11-12,14-15H2,1H3,(H,25,31)(H,29,30)/t22-,23+,24+;19-,20+,21+/m11/s1. The van der Waals surface area contributed by atoms with Gasteiger partial charge in [-0.3, -0.25) is 19.4 Å². The summed E-state index contributed by atoms with van der Waals surface area (Å²) < 4.78 is 29.4.